The van der Waals surface area contributed by atoms with E-state index in [0.717, 1.165) is 29.6 Å². The first-order chi connectivity index (χ1) is 11.7. The number of carbonyl (C=O) groups is 2. The smallest absolute Gasteiger partial charge is 0.322 e. The number of hydrogen-bond acceptors (Lipinski definition) is 4. The molecular formula is C16H19ClN2O5S. The van der Waals surface area contributed by atoms with E-state index in [1.54, 1.807) is 0 Å². The molecule has 0 aromatic heterocycles. The van der Waals surface area contributed by atoms with Crippen molar-refractivity contribution in [3.63, 3.8) is 0 Å². The van der Waals surface area contributed by atoms with Gasteiger partial charge in [0.2, 0.25) is 15.9 Å². The van der Waals surface area contributed by atoms with E-state index in [9.17, 15) is 23.1 Å². The number of benzene rings is 1. The standard InChI is InChI=1S/C16H19ClN2O5S/c17-11-5-10(15(18)20)6-12(8-11)25(23,24)19-13-4-2-1-3-9(13)7-14(19)16(21)22/h5-6,8-9,13-14H,1-4,7H2,(H2,18,20)(H,21,22). The van der Waals surface area contributed by atoms with Crippen molar-refractivity contribution in [2.75, 3.05) is 0 Å². The van der Waals surface area contributed by atoms with Crippen molar-refractivity contribution in [1.29, 1.82) is 0 Å². The minimum absolute atomic E-state index is 0.0302. The maximum absolute atomic E-state index is 13.2. The molecule has 3 rings (SSSR count). The van der Waals surface area contributed by atoms with Gasteiger partial charge in [-0.3, -0.25) is 9.59 Å². The monoisotopic (exact) mass is 386 g/mol. The zero-order valence-electron chi connectivity index (χ0n) is 13.4. The van der Waals surface area contributed by atoms with Crippen LogP contribution in [0.2, 0.25) is 5.02 Å². The van der Waals surface area contributed by atoms with E-state index in [1.807, 2.05) is 0 Å². The van der Waals surface area contributed by atoms with Gasteiger partial charge >= 0.3 is 5.97 Å². The van der Waals surface area contributed by atoms with E-state index in [4.69, 9.17) is 17.3 Å². The summed E-state index contributed by atoms with van der Waals surface area (Å²) in [6.45, 7) is 0. The molecular weight excluding hydrogens is 368 g/mol. The predicted octanol–water partition coefficient (Wildman–Crippen LogP) is 1.85. The lowest BCUT2D eigenvalue weighted by Crippen LogP contribution is -2.46. The molecule has 1 heterocycles. The SMILES string of the molecule is NC(=O)c1cc(Cl)cc(S(=O)(=O)N2C(C(=O)O)CC3CCCCC32)c1. The van der Waals surface area contributed by atoms with Gasteiger partial charge in [0, 0.05) is 16.6 Å². The molecule has 25 heavy (non-hydrogen) atoms. The normalized spacial score (nSPS) is 27.0. The van der Waals surface area contributed by atoms with E-state index in [0.29, 0.717) is 12.8 Å². The molecule has 2 aliphatic rings. The first-order valence-electron chi connectivity index (χ1n) is 8.08. The van der Waals surface area contributed by atoms with Gasteiger partial charge in [0.1, 0.15) is 6.04 Å². The Labute approximate surface area is 150 Å². The number of nitrogens with zero attached hydrogens (tertiary/aromatic N) is 1. The van der Waals surface area contributed by atoms with Crippen molar-refractivity contribution in [1.82, 2.24) is 4.31 Å². The van der Waals surface area contributed by atoms with Crippen LogP contribution in [0.5, 0.6) is 0 Å². The van der Waals surface area contributed by atoms with Crippen molar-refractivity contribution in [2.45, 2.75) is 49.1 Å². The number of carbonyl (C=O) groups excluding carboxylic acids is 1. The second-order valence-electron chi connectivity index (χ2n) is 6.58. The molecule has 0 radical (unpaired) electrons. The van der Waals surface area contributed by atoms with Crippen LogP contribution in [0, 0.1) is 5.92 Å². The van der Waals surface area contributed by atoms with Crippen molar-refractivity contribution < 1.29 is 23.1 Å². The minimum atomic E-state index is -4.12. The fourth-order valence-electron chi connectivity index (χ4n) is 3.95. The Hall–Kier alpha value is -1.64. The highest BCUT2D eigenvalue weighted by Crippen LogP contribution is 2.43. The molecule has 1 saturated heterocycles. The third-order valence-electron chi connectivity index (χ3n) is 5.05. The Morgan fingerprint density at radius 1 is 1.20 bits per heavy atom. The van der Waals surface area contributed by atoms with Crippen LogP contribution in [0.4, 0.5) is 0 Å². The van der Waals surface area contributed by atoms with Gasteiger partial charge in [-0.25, -0.2) is 8.42 Å². The first-order valence-corrected chi connectivity index (χ1v) is 9.90. The maximum atomic E-state index is 13.2. The number of primary amides is 1. The number of amides is 1. The molecule has 2 fully saturated rings. The van der Waals surface area contributed by atoms with E-state index < -0.39 is 27.9 Å². The second kappa shape index (κ2) is 6.59. The Balaban J connectivity index is 2.08. The van der Waals surface area contributed by atoms with Crippen molar-refractivity contribution in [2.24, 2.45) is 11.7 Å². The number of hydrogen-bond donors (Lipinski definition) is 2. The highest BCUT2D eigenvalue weighted by Gasteiger charge is 2.51. The molecule has 7 nitrogen and oxygen atoms in total. The summed E-state index contributed by atoms with van der Waals surface area (Å²) >= 11 is 5.94. The molecule has 0 bridgehead atoms. The van der Waals surface area contributed by atoms with E-state index in [-0.39, 0.29) is 27.4 Å². The lowest BCUT2D eigenvalue weighted by molar-refractivity contribution is -0.141. The lowest BCUT2D eigenvalue weighted by atomic mass is 9.85. The van der Waals surface area contributed by atoms with E-state index >= 15 is 0 Å². The molecule has 1 aromatic rings. The van der Waals surface area contributed by atoms with Crippen LogP contribution in [0.1, 0.15) is 42.5 Å². The van der Waals surface area contributed by atoms with Crippen molar-refractivity contribution >= 4 is 33.5 Å². The molecule has 1 aromatic carbocycles. The van der Waals surface area contributed by atoms with E-state index in [2.05, 4.69) is 0 Å². The van der Waals surface area contributed by atoms with Crippen molar-refractivity contribution in [3.8, 4) is 0 Å². The molecule has 1 amide bonds. The zero-order valence-corrected chi connectivity index (χ0v) is 15.0. The highest BCUT2D eigenvalue weighted by atomic mass is 35.5. The third-order valence-corrected chi connectivity index (χ3v) is 7.18. The van der Waals surface area contributed by atoms with Gasteiger partial charge in [0.15, 0.2) is 0 Å². The number of halogens is 1. The topological polar surface area (TPSA) is 118 Å². The average molecular weight is 387 g/mol. The zero-order chi connectivity index (χ0) is 18.4. The fourth-order valence-corrected chi connectivity index (χ4v) is 6.19. The summed E-state index contributed by atoms with van der Waals surface area (Å²) in [6.07, 6.45) is 3.61. The Morgan fingerprint density at radius 2 is 1.88 bits per heavy atom. The third kappa shape index (κ3) is 3.26. The summed E-state index contributed by atoms with van der Waals surface area (Å²) in [5, 5.41) is 9.59. The summed E-state index contributed by atoms with van der Waals surface area (Å²) < 4.78 is 27.5. The van der Waals surface area contributed by atoms with Crippen LogP contribution in [0.15, 0.2) is 23.1 Å². The molecule has 1 saturated carbocycles. The van der Waals surface area contributed by atoms with Gasteiger partial charge in [-0.05, 0) is 43.4 Å². The van der Waals surface area contributed by atoms with Gasteiger partial charge in [0.05, 0.1) is 4.90 Å². The summed E-state index contributed by atoms with van der Waals surface area (Å²) in [6, 6.07) is 2.21. The number of carboxylic acids is 1. The van der Waals surface area contributed by atoms with Crippen LogP contribution in [-0.2, 0) is 14.8 Å². The highest BCUT2D eigenvalue weighted by molar-refractivity contribution is 7.89. The van der Waals surface area contributed by atoms with Crippen LogP contribution >= 0.6 is 11.6 Å². The second-order valence-corrected chi connectivity index (χ2v) is 8.86. The fraction of sp³-hybridized carbons (Fsp3) is 0.500. The number of rotatable bonds is 4. The van der Waals surface area contributed by atoms with Gasteiger partial charge < -0.3 is 10.8 Å². The predicted molar refractivity (Wildman–Crippen MR) is 90.8 cm³/mol. The number of aliphatic carboxylic acids is 1. The van der Waals surface area contributed by atoms with Gasteiger partial charge in [0.25, 0.3) is 0 Å². The maximum Gasteiger partial charge on any atom is 0.322 e. The minimum Gasteiger partial charge on any atom is -0.480 e. The first kappa shape index (κ1) is 18.2. The summed E-state index contributed by atoms with van der Waals surface area (Å²) in [4.78, 5) is 22.9. The van der Waals surface area contributed by atoms with Crippen LogP contribution < -0.4 is 5.73 Å². The molecule has 0 spiro atoms. The largest absolute Gasteiger partial charge is 0.480 e. The quantitative estimate of drug-likeness (QED) is 0.818. The molecule has 9 heteroatoms. The number of carboxylic acid groups (broad SMARTS) is 1. The number of sulfonamides is 1. The van der Waals surface area contributed by atoms with Gasteiger partial charge in [-0.15, -0.1) is 0 Å². The molecule has 3 unspecified atom stereocenters. The van der Waals surface area contributed by atoms with Crippen LogP contribution in [-0.4, -0.2) is 41.8 Å². The number of nitrogens with two attached hydrogens (primary N) is 1. The molecule has 3 N–H and O–H groups in total. The Kier molecular flexibility index (Phi) is 4.78. The van der Waals surface area contributed by atoms with Crippen LogP contribution in [0.3, 0.4) is 0 Å². The summed E-state index contributed by atoms with van der Waals surface area (Å²) in [5.41, 5.74) is 5.20. The van der Waals surface area contributed by atoms with E-state index in [1.165, 1.54) is 12.1 Å². The Bertz CT molecular complexity index is 826. The molecule has 3 atom stereocenters. The lowest BCUT2D eigenvalue weighted by Gasteiger charge is -2.32. The Morgan fingerprint density at radius 3 is 2.52 bits per heavy atom. The average Bonchev–Trinajstić information content (AvgIpc) is 2.94. The number of fused-ring (bicyclic) bond motifs is 1. The summed E-state index contributed by atoms with van der Waals surface area (Å²) in [5.74, 6) is -1.92. The molecule has 136 valence electrons. The van der Waals surface area contributed by atoms with Gasteiger partial charge in [-0.2, -0.15) is 4.31 Å². The van der Waals surface area contributed by atoms with Gasteiger partial charge in [-0.1, -0.05) is 24.4 Å². The summed E-state index contributed by atoms with van der Waals surface area (Å²) in [7, 11) is -4.12. The van der Waals surface area contributed by atoms with Crippen LogP contribution in [0.25, 0.3) is 0 Å². The molecule has 1 aliphatic heterocycles. The van der Waals surface area contributed by atoms with Crippen molar-refractivity contribution in [3.05, 3.63) is 28.8 Å². The molecule has 1 aliphatic carbocycles.